The smallest absolute Gasteiger partial charge is 0.197 e. The third-order valence-electron chi connectivity index (χ3n) is 7.55. The number of rotatable bonds is 3. The molecule has 0 radical (unpaired) electrons. The zero-order chi connectivity index (χ0) is 26.8. The molecule has 0 aliphatic heterocycles. The Bertz CT molecular complexity index is 2150. The first-order chi connectivity index (χ1) is 19.6. The van der Waals surface area contributed by atoms with E-state index in [4.69, 9.17) is 4.98 Å². The lowest BCUT2D eigenvalue weighted by Gasteiger charge is -2.08. The Morgan fingerprint density at radius 1 is 0.625 bits per heavy atom. The first kappa shape index (κ1) is 22.8. The highest BCUT2D eigenvalue weighted by Gasteiger charge is 2.34. The van der Waals surface area contributed by atoms with Gasteiger partial charge in [-0.25, -0.2) is 4.98 Å². The molecule has 7 aromatic rings. The highest BCUT2D eigenvalue weighted by molar-refractivity contribution is 7.21. The number of Topliss-reactive ketones (excluding diaryl/α,β-unsaturated/α-hetero) is 2. The monoisotopic (exact) mass is 532 g/mol. The Kier molecular flexibility index (Phi) is 4.96. The molecule has 0 unspecified atom stereocenters. The second-order valence-electron chi connectivity index (χ2n) is 9.97. The normalized spacial score (nSPS) is 13.1. The number of hydrogen-bond acceptors (Lipinski definition) is 4. The number of hydrogen-bond donors (Lipinski definition) is 0. The van der Waals surface area contributed by atoms with E-state index in [1.807, 2.05) is 89.5 Å². The molecular formula is C35H20N2O2S. The van der Waals surface area contributed by atoms with Crippen LogP contribution in [-0.4, -0.2) is 21.1 Å². The number of nitrogens with zero attached hydrogens (tertiary/aromatic N) is 2. The molecule has 40 heavy (non-hydrogen) atoms. The van der Waals surface area contributed by atoms with Crippen molar-refractivity contribution >= 4 is 60.9 Å². The standard InChI is InChI=1S/C35H20N2O2S/c38-32-28-17-23-10-6-7-11-24(23)18-29(28)33(39)30(32)19-27-20-31-34(37(27)26-12-2-1-3-13-26)36-35(40-31)25-15-14-21-8-4-5-9-22(21)16-25/h1-20H. The SMILES string of the molecule is O=C1C(=Cc2cc3sc(-c4ccc5ccccc5c4)nc3n2-c2ccccc2)C(=O)c2cc3ccccc3cc21. The third-order valence-corrected chi connectivity index (χ3v) is 8.59. The molecule has 1 aliphatic carbocycles. The Hall–Kier alpha value is -5.13. The minimum absolute atomic E-state index is 0.183. The van der Waals surface area contributed by atoms with E-state index < -0.39 is 0 Å². The summed E-state index contributed by atoms with van der Waals surface area (Å²) < 4.78 is 3.02. The summed E-state index contributed by atoms with van der Waals surface area (Å²) in [5.41, 5.74) is 4.63. The molecule has 188 valence electrons. The number of ketones is 2. The number of fused-ring (bicyclic) bond motifs is 4. The van der Waals surface area contributed by atoms with Gasteiger partial charge in [0.15, 0.2) is 17.2 Å². The van der Waals surface area contributed by atoms with Crippen LogP contribution in [0, 0.1) is 0 Å². The van der Waals surface area contributed by atoms with Crippen LogP contribution in [0.2, 0.25) is 0 Å². The fourth-order valence-corrected chi connectivity index (χ4v) is 6.58. The molecule has 5 heteroatoms. The lowest BCUT2D eigenvalue weighted by atomic mass is 10.0. The van der Waals surface area contributed by atoms with Gasteiger partial charge in [-0.1, -0.05) is 78.9 Å². The summed E-state index contributed by atoms with van der Waals surface area (Å²) in [4.78, 5) is 32.0. The van der Waals surface area contributed by atoms with E-state index >= 15 is 0 Å². The van der Waals surface area contributed by atoms with E-state index in [2.05, 4.69) is 30.3 Å². The van der Waals surface area contributed by atoms with Gasteiger partial charge >= 0.3 is 0 Å². The summed E-state index contributed by atoms with van der Waals surface area (Å²) >= 11 is 1.61. The summed E-state index contributed by atoms with van der Waals surface area (Å²) in [6.07, 6.45) is 1.73. The number of thiazole rings is 1. The van der Waals surface area contributed by atoms with Crippen molar-refractivity contribution in [3.05, 3.63) is 138 Å². The maximum Gasteiger partial charge on any atom is 0.197 e. The molecule has 4 nitrogen and oxygen atoms in total. The van der Waals surface area contributed by atoms with Gasteiger partial charge in [-0.3, -0.25) is 14.2 Å². The average molecular weight is 533 g/mol. The van der Waals surface area contributed by atoms with Crippen LogP contribution in [0.15, 0.2) is 121 Å². The predicted octanol–water partition coefficient (Wildman–Crippen LogP) is 8.52. The van der Waals surface area contributed by atoms with Gasteiger partial charge in [0, 0.05) is 22.4 Å². The molecule has 1 aliphatic rings. The molecule has 0 amide bonds. The van der Waals surface area contributed by atoms with Crippen LogP contribution >= 0.6 is 11.3 Å². The number of allylic oxidation sites excluding steroid dienone is 1. The lowest BCUT2D eigenvalue weighted by molar-refractivity contribution is 0.0990. The van der Waals surface area contributed by atoms with Crippen molar-refractivity contribution in [3.63, 3.8) is 0 Å². The molecule has 0 spiro atoms. The molecule has 0 fully saturated rings. The van der Waals surface area contributed by atoms with Crippen LogP contribution in [0.4, 0.5) is 0 Å². The zero-order valence-corrected chi connectivity index (χ0v) is 22.0. The predicted molar refractivity (Wildman–Crippen MR) is 162 cm³/mol. The first-order valence-electron chi connectivity index (χ1n) is 13.0. The van der Waals surface area contributed by atoms with Gasteiger partial charge < -0.3 is 0 Å². The summed E-state index contributed by atoms with van der Waals surface area (Å²) in [5.74, 6) is -0.473. The van der Waals surface area contributed by atoms with Gasteiger partial charge in [-0.05, 0) is 64.0 Å². The van der Waals surface area contributed by atoms with Crippen molar-refractivity contribution in [2.75, 3.05) is 0 Å². The van der Waals surface area contributed by atoms with E-state index in [1.165, 1.54) is 10.8 Å². The fraction of sp³-hybridized carbons (Fsp3) is 0. The summed E-state index contributed by atoms with van der Waals surface area (Å²) in [6.45, 7) is 0. The quantitative estimate of drug-likeness (QED) is 0.169. The van der Waals surface area contributed by atoms with E-state index in [0.717, 1.165) is 43.1 Å². The van der Waals surface area contributed by atoms with Crippen LogP contribution in [0.25, 0.3) is 54.2 Å². The lowest BCUT2D eigenvalue weighted by Crippen LogP contribution is -2.03. The molecule has 2 heterocycles. The summed E-state index contributed by atoms with van der Waals surface area (Å²) in [7, 11) is 0. The van der Waals surface area contributed by atoms with Gasteiger partial charge in [0.2, 0.25) is 0 Å². The van der Waals surface area contributed by atoms with Crippen molar-refractivity contribution in [1.29, 1.82) is 0 Å². The van der Waals surface area contributed by atoms with Gasteiger partial charge in [0.1, 0.15) is 5.01 Å². The van der Waals surface area contributed by atoms with Crippen molar-refractivity contribution in [1.82, 2.24) is 9.55 Å². The fourth-order valence-electron chi connectivity index (χ4n) is 5.59. The number of carbonyl (C=O) groups excluding carboxylic acids is 2. The van der Waals surface area contributed by atoms with Crippen molar-refractivity contribution in [3.8, 4) is 16.3 Å². The molecular weight excluding hydrogens is 512 g/mol. The van der Waals surface area contributed by atoms with Gasteiger partial charge in [-0.15, -0.1) is 11.3 Å². The van der Waals surface area contributed by atoms with E-state index in [1.54, 1.807) is 17.4 Å². The molecule has 0 atom stereocenters. The van der Waals surface area contributed by atoms with Gasteiger partial charge in [-0.2, -0.15) is 0 Å². The molecule has 5 aromatic carbocycles. The highest BCUT2D eigenvalue weighted by Crippen LogP contribution is 2.37. The Morgan fingerprint density at radius 2 is 1.23 bits per heavy atom. The molecule has 0 N–H and O–H groups in total. The van der Waals surface area contributed by atoms with E-state index in [0.29, 0.717) is 11.1 Å². The van der Waals surface area contributed by atoms with Crippen LogP contribution in [0.5, 0.6) is 0 Å². The second-order valence-corrected chi connectivity index (χ2v) is 11.0. The van der Waals surface area contributed by atoms with Crippen molar-refractivity contribution in [2.24, 2.45) is 0 Å². The zero-order valence-electron chi connectivity index (χ0n) is 21.2. The third kappa shape index (κ3) is 3.49. The van der Waals surface area contributed by atoms with E-state index in [-0.39, 0.29) is 17.1 Å². The highest BCUT2D eigenvalue weighted by atomic mass is 32.1. The van der Waals surface area contributed by atoms with Crippen molar-refractivity contribution in [2.45, 2.75) is 0 Å². The summed E-state index contributed by atoms with van der Waals surface area (Å²) in [5, 5.41) is 5.17. The van der Waals surface area contributed by atoms with Crippen LogP contribution in [0.3, 0.4) is 0 Å². The average Bonchev–Trinajstić information content (AvgIpc) is 3.62. The first-order valence-corrected chi connectivity index (χ1v) is 13.9. The summed E-state index contributed by atoms with van der Waals surface area (Å²) in [6, 6.07) is 38.1. The number of para-hydroxylation sites is 1. The van der Waals surface area contributed by atoms with Gasteiger partial charge in [0.25, 0.3) is 0 Å². The maximum absolute atomic E-state index is 13.5. The van der Waals surface area contributed by atoms with Crippen molar-refractivity contribution < 1.29 is 9.59 Å². The number of benzene rings is 5. The minimum Gasteiger partial charge on any atom is -0.294 e. The minimum atomic E-state index is -0.236. The Balaban J connectivity index is 1.28. The molecule has 2 aromatic heterocycles. The van der Waals surface area contributed by atoms with Gasteiger partial charge in [0.05, 0.1) is 16.0 Å². The Labute approximate surface area is 233 Å². The molecule has 8 rings (SSSR count). The van der Waals surface area contributed by atoms with E-state index in [9.17, 15) is 9.59 Å². The molecule has 0 saturated carbocycles. The molecule has 0 bridgehead atoms. The largest absolute Gasteiger partial charge is 0.294 e. The van der Waals surface area contributed by atoms with Crippen LogP contribution in [0.1, 0.15) is 26.4 Å². The topological polar surface area (TPSA) is 52.0 Å². The van der Waals surface area contributed by atoms with Crippen LogP contribution in [-0.2, 0) is 0 Å². The molecule has 0 saturated heterocycles. The van der Waals surface area contributed by atoms with Crippen LogP contribution < -0.4 is 0 Å². The number of carbonyl (C=O) groups is 2. The second kappa shape index (κ2) is 8.70. The maximum atomic E-state index is 13.5. The number of aromatic nitrogens is 2. The Morgan fingerprint density at radius 3 is 1.90 bits per heavy atom.